The van der Waals surface area contributed by atoms with Crippen LogP contribution in [-0.4, -0.2) is 45.7 Å². The molecule has 1 aliphatic rings. The molecule has 7 heteroatoms. The molecule has 0 unspecified atom stereocenters. The number of ether oxygens (including phenoxy) is 1. The first-order chi connectivity index (χ1) is 13.7. The third-order valence-electron chi connectivity index (χ3n) is 5.29. The molecule has 1 saturated heterocycles. The maximum Gasteiger partial charge on any atom is 0.410 e. The molecule has 0 spiro atoms. The van der Waals surface area contributed by atoms with Gasteiger partial charge in [-0.1, -0.05) is 6.92 Å². The number of anilines is 1. The number of carbonyl (C=O) groups excluding carboxylic acids is 1. The van der Waals surface area contributed by atoms with Crippen LogP contribution in [0.1, 0.15) is 65.3 Å². The highest BCUT2D eigenvalue weighted by atomic mass is 32.1. The number of likely N-dealkylation sites (tertiary alicyclic amines) is 1. The molecule has 1 atom stereocenters. The first kappa shape index (κ1) is 21.8. The second-order valence-corrected chi connectivity index (χ2v) is 10.0. The Balaban J connectivity index is 1.57. The quantitative estimate of drug-likeness (QED) is 0.704. The zero-order chi connectivity index (χ0) is 21.2. The number of fused-ring (bicyclic) bond motifs is 1. The first-order valence-corrected chi connectivity index (χ1v) is 11.5. The largest absolute Gasteiger partial charge is 0.444 e. The van der Waals surface area contributed by atoms with Crippen molar-refractivity contribution in [3.8, 4) is 0 Å². The van der Waals surface area contributed by atoms with Crippen molar-refractivity contribution in [3.05, 3.63) is 16.8 Å². The van der Waals surface area contributed by atoms with Gasteiger partial charge in [0.05, 0.1) is 10.2 Å². The molecule has 3 heterocycles. The van der Waals surface area contributed by atoms with Crippen LogP contribution in [0.4, 0.5) is 10.6 Å². The molecular weight excluding hydrogens is 384 g/mol. The molecule has 1 fully saturated rings. The summed E-state index contributed by atoms with van der Waals surface area (Å²) in [7, 11) is 0. The van der Waals surface area contributed by atoms with Crippen molar-refractivity contribution in [1.29, 1.82) is 0 Å². The highest BCUT2D eigenvalue weighted by Gasteiger charge is 2.27. The van der Waals surface area contributed by atoms with Crippen molar-refractivity contribution in [1.82, 2.24) is 14.9 Å². The van der Waals surface area contributed by atoms with Crippen molar-refractivity contribution in [3.63, 3.8) is 0 Å². The van der Waals surface area contributed by atoms with Crippen molar-refractivity contribution < 1.29 is 9.53 Å². The Morgan fingerprint density at radius 3 is 2.66 bits per heavy atom. The lowest BCUT2D eigenvalue weighted by molar-refractivity contribution is 0.0180. The number of carbonyl (C=O) groups is 1. The van der Waals surface area contributed by atoms with Crippen molar-refractivity contribution in [2.24, 2.45) is 5.92 Å². The molecule has 0 aromatic carbocycles. The van der Waals surface area contributed by atoms with Gasteiger partial charge >= 0.3 is 6.09 Å². The van der Waals surface area contributed by atoms with Gasteiger partial charge in [0.1, 0.15) is 17.2 Å². The average molecular weight is 419 g/mol. The number of aromatic nitrogens is 2. The van der Waals surface area contributed by atoms with E-state index >= 15 is 0 Å². The summed E-state index contributed by atoms with van der Waals surface area (Å²) in [6.07, 6.45) is 3.74. The van der Waals surface area contributed by atoms with Gasteiger partial charge in [0, 0.05) is 25.6 Å². The molecule has 0 aliphatic carbocycles. The number of hydrogen-bond donors (Lipinski definition) is 1. The first-order valence-electron chi connectivity index (χ1n) is 10.7. The standard InChI is InChI=1S/C22H34N4O2S/c1-7-17-24-18-14(2)13-29-19(18)20(25-17)23-15(3)12-16-8-10-26(11-9-16)21(27)28-22(4,5)6/h13,15-16H,7-12H2,1-6H3,(H,23,24,25)/t15-/m0/s1. The minimum absolute atomic E-state index is 0.189. The lowest BCUT2D eigenvalue weighted by atomic mass is 9.91. The minimum atomic E-state index is -0.438. The number of amides is 1. The summed E-state index contributed by atoms with van der Waals surface area (Å²) in [6, 6.07) is 0.318. The molecule has 2 aromatic rings. The summed E-state index contributed by atoms with van der Waals surface area (Å²) < 4.78 is 6.64. The van der Waals surface area contributed by atoms with Gasteiger partial charge in [0.2, 0.25) is 0 Å². The fourth-order valence-electron chi connectivity index (χ4n) is 3.80. The third kappa shape index (κ3) is 5.59. The van der Waals surface area contributed by atoms with Crippen LogP contribution in [0.5, 0.6) is 0 Å². The van der Waals surface area contributed by atoms with E-state index in [1.807, 2.05) is 25.7 Å². The lowest BCUT2D eigenvalue weighted by Gasteiger charge is -2.34. The van der Waals surface area contributed by atoms with E-state index in [1.165, 1.54) is 5.56 Å². The molecule has 1 amide bonds. The van der Waals surface area contributed by atoms with E-state index in [0.717, 1.165) is 60.6 Å². The zero-order valence-electron chi connectivity index (χ0n) is 18.5. The van der Waals surface area contributed by atoms with Gasteiger partial charge in [0.15, 0.2) is 0 Å². The van der Waals surface area contributed by atoms with Gasteiger partial charge in [-0.05, 0) is 70.7 Å². The molecule has 160 valence electrons. The van der Waals surface area contributed by atoms with Crippen molar-refractivity contribution in [2.45, 2.75) is 78.9 Å². The van der Waals surface area contributed by atoms with Crippen LogP contribution in [0.3, 0.4) is 0 Å². The minimum Gasteiger partial charge on any atom is -0.444 e. The van der Waals surface area contributed by atoms with E-state index in [0.29, 0.717) is 12.0 Å². The van der Waals surface area contributed by atoms with Crippen molar-refractivity contribution >= 4 is 33.5 Å². The predicted octanol–water partition coefficient (Wildman–Crippen LogP) is 5.40. The Labute approximate surface area is 178 Å². The molecule has 1 N–H and O–H groups in total. The van der Waals surface area contributed by atoms with Crippen molar-refractivity contribution in [2.75, 3.05) is 18.4 Å². The summed E-state index contributed by atoms with van der Waals surface area (Å²) in [4.78, 5) is 23.5. The number of rotatable bonds is 5. The van der Waals surface area contributed by atoms with Gasteiger partial charge in [-0.25, -0.2) is 14.8 Å². The van der Waals surface area contributed by atoms with Crippen LogP contribution >= 0.6 is 11.3 Å². The maximum atomic E-state index is 12.2. The molecule has 0 saturated carbocycles. The molecule has 2 aromatic heterocycles. The monoisotopic (exact) mass is 418 g/mol. The normalized spacial score (nSPS) is 16.8. The van der Waals surface area contributed by atoms with Gasteiger partial charge in [-0.15, -0.1) is 11.3 Å². The van der Waals surface area contributed by atoms with Crippen LogP contribution < -0.4 is 5.32 Å². The van der Waals surface area contributed by atoms with E-state index in [4.69, 9.17) is 14.7 Å². The number of aryl methyl sites for hydroxylation is 2. The Morgan fingerprint density at radius 2 is 2.03 bits per heavy atom. The van der Waals surface area contributed by atoms with E-state index in [1.54, 1.807) is 11.3 Å². The summed E-state index contributed by atoms with van der Waals surface area (Å²) in [6.45, 7) is 13.7. The average Bonchev–Trinajstić information content (AvgIpc) is 3.02. The van der Waals surface area contributed by atoms with E-state index in [-0.39, 0.29) is 6.09 Å². The van der Waals surface area contributed by atoms with Crippen LogP contribution in [0, 0.1) is 12.8 Å². The summed E-state index contributed by atoms with van der Waals surface area (Å²) in [5.41, 5.74) is 1.85. The second-order valence-electron chi connectivity index (χ2n) is 9.13. The third-order valence-corrected chi connectivity index (χ3v) is 6.39. The summed E-state index contributed by atoms with van der Waals surface area (Å²) in [5, 5.41) is 5.79. The van der Waals surface area contributed by atoms with E-state index < -0.39 is 5.60 Å². The van der Waals surface area contributed by atoms with Crippen LogP contribution in [0.15, 0.2) is 5.38 Å². The number of piperidine rings is 1. The fraction of sp³-hybridized carbons (Fsp3) is 0.682. The van der Waals surface area contributed by atoms with Crippen LogP contribution in [0.2, 0.25) is 0 Å². The molecular formula is C22H34N4O2S. The van der Waals surface area contributed by atoms with Gasteiger partial charge in [0.25, 0.3) is 0 Å². The SMILES string of the molecule is CCc1nc(N[C@@H](C)CC2CCN(C(=O)OC(C)(C)C)CC2)c2scc(C)c2n1. The Kier molecular flexibility index (Phi) is 6.66. The van der Waals surface area contributed by atoms with E-state index in [9.17, 15) is 4.79 Å². The van der Waals surface area contributed by atoms with E-state index in [2.05, 4.69) is 31.5 Å². The molecule has 29 heavy (non-hydrogen) atoms. The molecule has 3 rings (SSSR count). The zero-order valence-corrected chi connectivity index (χ0v) is 19.4. The van der Waals surface area contributed by atoms with Crippen LogP contribution in [0.25, 0.3) is 10.2 Å². The molecule has 0 bridgehead atoms. The Morgan fingerprint density at radius 1 is 1.34 bits per heavy atom. The highest BCUT2D eigenvalue weighted by molar-refractivity contribution is 7.18. The summed E-state index contributed by atoms with van der Waals surface area (Å²) in [5.74, 6) is 2.45. The molecule has 0 radical (unpaired) electrons. The van der Waals surface area contributed by atoms with Gasteiger partial charge in [-0.2, -0.15) is 0 Å². The molecule has 6 nitrogen and oxygen atoms in total. The van der Waals surface area contributed by atoms with Gasteiger partial charge in [-0.3, -0.25) is 0 Å². The summed E-state index contributed by atoms with van der Waals surface area (Å²) >= 11 is 1.71. The predicted molar refractivity (Wildman–Crippen MR) is 120 cm³/mol. The smallest absolute Gasteiger partial charge is 0.410 e. The number of hydrogen-bond acceptors (Lipinski definition) is 6. The van der Waals surface area contributed by atoms with Gasteiger partial charge < -0.3 is 15.0 Å². The maximum absolute atomic E-state index is 12.2. The Hall–Kier alpha value is -1.89. The second kappa shape index (κ2) is 8.86. The number of thiophene rings is 1. The lowest BCUT2D eigenvalue weighted by Crippen LogP contribution is -2.42. The number of nitrogens with one attached hydrogen (secondary N) is 1. The Bertz CT molecular complexity index is 850. The number of nitrogens with zero attached hydrogens (tertiary/aromatic N) is 3. The molecule has 1 aliphatic heterocycles. The fourth-order valence-corrected chi connectivity index (χ4v) is 4.75. The highest BCUT2D eigenvalue weighted by Crippen LogP contribution is 2.31. The topological polar surface area (TPSA) is 67.4 Å². The van der Waals surface area contributed by atoms with Crippen LogP contribution in [-0.2, 0) is 11.2 Å².